The number of hydrogen-bond acceptors (Lipinski definition) is 6. The van der Waals surface area contributed by atoms with E-state index in [-0.39, 0.29) is 12.5 Å². The number of aryl methyl sites for hydroxylation is 1. The molecular formula is C18H16N4O4. The monoisotopic (exact) mass is 352 g/mol. The minimum absolute atomic E-state index is 0.197. The van der Waals surface area contributed by atoms with Crippen molar-refractivity contribution in [2.45, 2.75) is 6.92 Å². The van der Waals surface area contributed by atoms with Crippen molar-refractivity contribution in [2.75, 3.05) is 11.9 Å². The molecule has 0 fully saturated rings. The van der Waals surface area contributed by atoms with Crippen molar-refractivity contribution in [3.8, 4) is 17.2 Å². The number of nitrogens with zero attached hydrogens (tertiary/aromatic N) is 2. The van der Waals surface area contributed by atoms with Crippen molar-refractivity contribution in [1.29, 1.82) is 0 Å². The van der Waals surface area contributed by atoms with Gasteiger partial charge in [-0.25, -0.2) is 0 Å². The summed E-state index contributed by atoms with van der Waals surface area (Å²) >= 11 is 0. The maximum Gasteiger partial charge on any atom is 0.257 e. The number of hydrogen-bond donors (Lipinski definition) is 2. The Kier molecular flexibility index (Phi) is 4.93. The Balaban J connectivity index is 1.63. The first-order chi connectivity index (χ1) is 12.5. The zero-order valence-electron chi connectivity index (χ0n) is 13.9. The summed E-state index contributed by atoms with van der Waals surface area (Å²) in [6.07, 6.45) is 0. The Morgan fingerprint density at radius 1 is 1.12 bits per heavy atom. The number of anilines is 1. The van der Waals surface area contributed by atoms with Crippen LogP contribution in [0.5, 0.6) is 5.75 Å². The fourth-order valence-electron chi connectivity index (χ4n) is 2.17. The number of nitrogens with two attached hydrogens (primary N) is 1. The summed E-state index contributed by atoms with van der Waals surface area (Å²) < 4.78 is 10.3. The van der Waals surface area contributed by atoms with E-state index in [9.17, 15) is 9.59 Å². The number of amides is 2. The molecule has 3 aromatic rings. The van der Waals surface area contributed by atoms with Crippen molar-refractivity contribution in [3.63, 3.8) is 0 Å². The van der Waals surface area contributed by atoms with Gasteiger partial charge in [0.1, 0.15) is 5.75 Å². The number of carbonyl (C=O) groups is 2. The van der Waals surface area contributed by atoms with Gasteiger partial charge < -0.3 is 20.3 Å². The lowest BCUT2D eigenvalue weighted by Crippen LogP contribution is -2.20. The molecule has 2 aromatic carbocycles. The molecular weight excluding hydrogens is 336 g/mol. The summed E-state index contributed by atoms with van der Waals surface area (Å²) in [7, 11) is 0. The van der Waals surface area contributed by atoms with Gasteiger partial charge >= 0.3 is 0 Å². The molecule has 1 aromatic heterocycles. The summed E-state index contributed by atoms with van der Waals surface area (Å²) in [6.45, 7) is 1.54. The van der Waals surface area contributed by atoms with Crippen LogP contribution in [0.1, 0.15) is 16.2 Å². The van der Waals surface area contributed by atoms with Gasteiger partial charge in [-0.05, 0) is 55.5 Å². The van der Waals surface area contributed by atoms with E-state index in [0.29, 0.717) is 28.7 Å². The third-order valence-electron chi connectivity index (χ3n) is 3.41. The fraction of sp³-hybridized carbons (Fsp3) is 0.111. The van der Waals surface area contributed by atoms with Gasteiger partial charge in [-0.15, -0.1) is 0 Å². The van der Waals surface area contributed by atoms with Crippen LogP contribution in [0.4, 0.5) is 5.69 Å². The van der Waals surface area contributed by atoms with Crippen molar-refractivity contribution in [2.24, 2.45) is 5.73 Å². The zero-order chi connectivity index (χ0) is 18.5. The van der Waals surface area contributed by atoms with E-state index in [0.717, 1.165) is 5.56 Å². The maximum absolute atomic E-state index is 12.3. The zero-order valence-corrected chi connectivity index (χ0v) is 13.9. The predicted octanol–water partition coefficient (Wildman–Crippen LogP) is 2.16. The van der Waals surface area contributed by atoms with Crippen molar-refractivity contribution < 1.29 is 18.8 Å². The Morgan fingerprint density at radius 2 is 1.81 bits per heavy atom. The molecule has 26 heavy (non-hydrogen) atoms. The molecule has 8 heteroatoms. The third kappa shape index (κ3) is 4.23. The SMILES string of the molecule is Cc1noc(-c2ccc(C(=O)Nc3ccc(OCC(N)=O)cc3)cc2)n1. The first-order valence-corrected chi connectivity index (χ1v) is 7.74. The van der Waals surface area contributed by atoms with Crippen LogP contribution in [0.2, 0.25) is 0 Å². The van der Waals surface area contributed by atoms with Gasteiger partial charge in [0.2, 0.25) is 0 Å². The molecule has 3 N–H and O–H groups in total. The average Bonchev–Trinajstić information content (AvgIpc) is 3.07. The van der Waals surface area contributed by atoms with E-state index in [4.69, 9.17) is 15.0 Å². The smallest absolute Gasteiger partial charge is 0.257 e. The Bertz CT molecular complexity index is 917. The van der Waals surface area contributed by atoms with E-state index in [1.54, 1.807) is 55.5 Å². The minimum Gasteiger partial charge on any atom is -0.484 e. The maximum atomic E-state index is 12.3. The molecule has 0 bridgehead atoms. The summed E-state index contributed by atoms with van der Waals surface area (Å²) in [4.78, 5) is 27.1. The topological polar surface area (TPSA) is 120 Å². The highest BCUT2D eigenvalue weighted by molar-refractivity contribution is 6.04. The number of nitrogens with one attached hydrogen (secondary N) is 1. The lowest BCUT2D eigenvalue weighted by Gasteiger charge is -2.07. The fourth-order valence-corrected chi connectivity index (χ4v) is 2.17. The van der Waals surface area contributed by atoms with E-state index < -0.39 is 5.91 Å². The second-order valence-corrected chi connectivity index (χ2v) is 5.46. The van der Waals surface area contributed by atoms with Gasteiger partial charge in [0, 0.05) is 16.8 Å². The van der Waals surface area contributed by atoms with E-state index in [2.05, 4.69) is 15.5 Å². The van der Waals surface area contributed by atoms with Crippen LogP contribution in [0, 0.1) is 6.92 Å². The van der Waals surface area contributed by atoms with Crippen LogP contribution in [0.15, 0.2) is 53.1 Å². The Labute approximate surface area is 149 Å². The average molecular weight is 352 g/mol. The standard InChI is InChI=1S/C18H16N4O4/c1-11-20-18(26-22-11)13-4-2-12(3-5-13)17(24)21-14-6-8-15(9-7-14)25-10-16(19)23/h2-9H,10H2,1H3,(H2,19,23)(H,21,24). The molecule has 8 nitrogen and oxygen atoms in total. The second-order valence-electron chi connectivity index (χ2n) is 5.46. The second kappa shape index (κ2) is 7.47. The van der Waals surface area contributed by atoms with Gasteiger partial charge in [-0.2, -0.15) is 4.98 Å². The lowest BCUT2D eigenvalue weighted by molar-refractivity contribution is -0.119. The molecule has 0 aliphatic heterocycles. The molecule has 3 rings (SSSR count). The number of ether oxygens (including phenoxy) is 1. The third-order valence-corrected chi connectivity index (χ3v) is 3.41. The number of aromatic nitrogens is 2. The number of carbonyl (C=O) groups excluding carboxylic acids is 2. The summed E-state index contributed by atoms with van der Waals surface area (Å²) in [6, 6.07) is 13.4. The molecule has 1 heterocycles. The van der Waals surface area contributed by atoms with Gasteiger partial charge in [0.25, 0.3) is 17.7 Å². The minimum atomic E-state index is -0.554. The van der Waals surface area contributed by atoms with Crippen LogP contribution in [-0.2, 0) is 4.79 Å². The molecule has 132 valence electrons. The van der Waals surface area contributed by atoms with Crippen LogP contribution >= 0.6 is 0 Å². The highest BCUT2D eigenvalue weighted by Crippen LogP contribution is 2.19. The molecule has 0 radical (unpaired) electrons. The van der Waals surface area contributed by atoms with Crippen LogP contribution < -0.4 is 15.8 Å². The molecule has 0 aliphatic rings. The summed E-state index contributed by atoms with van der Waals surface area (Å²) in [5.74, 6) is 0.623. The quantitative estimate of drug-likeness (QED) is 0.701. The predicted molar refractivity (Wildman–Crippen MR) is 93.6 cm³/mol. The molecule has 0 saturated carbocycles. The molecule has 0 spiro atoms. The summed E-state index contributed by atoms with van der Waals surface area (Å²) in [5.41, 5.74) is 6.83. The number of primary amides is 1. The number of rotatable bonds is 6. The van der Waals surface area contributed by atoms with Crippen LogP contribution in [0.25, 0.3) is 11.5 Å². The normalized spacial score (nSPS) is 10.3. The molecule has 0 atom stereocenters. The Morgan fingerprint density at radius 3 is 2.38 bits per heavy atom. The molecule has 0 aliphatic carbocycles. The van der Waals surface area contributed by atoms with Gasteiger partial charge in [-0.3, -0.25) is 9.59 Å². The first-order valence-electron chi connectivity index (χ1n) is 7.74. The number of benzene rings is 2. The summed E-state index contributed by atoms with van der Waals surface area (Å²) in [5, 5.41) is 6.51. The molecule has 2 amide bonds. The van der Waals surface area contributed by atoms with Crippen molar-refractivity contribution >= 4 is 17.5 Å². The first kappa shape index (κ1) is 17.2. The van der Waals surface area contributed by atoms with E-state index in [1.807, 2.05) is 0 Å². The van der Waals surface area contributed by atoms with Crippen molar-refractivity contribution in [1.82, 2.24) is 10.1 Å². The van der Waals surface area contributed by atoms with Gasteiger partial charge in [0.05, 0.1) is 0 Å². The molecule has 0 unspecified atom stereocenters. The largest absolute Gasteiger partial charge is 0.484 e. The van der Waals surface area contributed by atoms with Crippen molar-refractivity contribution in [3.05, 3.63) is 59.9 Å². The Hall–Kier alpha value is -3.68. The highest BCUT2D eigenvalue weighted by Gasteiger charge is 2.10. The van der Waals surface area contributed by atoms with E-state index >= 15 is 0 Å². The van der Waals surface area contributed by atoms with Crippen LogP contribution in [-0.4, -0.2) is 28.6 Å². The lowest BCUT2D eigenvalue weighted by atomic mass is 10.1. The van der Waals surface area contributed by atoms with E-state index in [1.165, 1.54) is 0 Å². The highest BCUT2D eigenvalue weighted by atomic mass is 16.5. The van der Waals surface area contributed by atoms with Crippen LogP contribution in [0.3, 0.4) is 0 Å². The molecule has 0 saturated heterocycles. The van der Waals surface area contributed by atoms with Gasteiger partial charge in [-0.1, -0.05) is 5.16 Å². The van der Waals surface area contributed by atoms with Gasteiger partial charge in [0.15, 0.2) is 12.4 Å².